The summed E-state index contributed by atoms with van der Waals surface area (Å²) in [5.41, 5.74) is 0.990. The zero-order chi connectivity index (χ0) is 21.8. The quantitative estimate of drug-likeness (QED) is 0.517. The second kappa shape index (κ2) is 8.91. The van der Waals surface area contributed by atoms with Crippen LogP contribution in [-0.2, 0) is 14.8 Å². The Bertz CT molecular complexity index is 1000. The molecular formula is C19H23N3O6S. The first-order valence-electron chi connectivity index (χ1n) is 8.76. The molecule has 0 unspecified atom stereocenters. The van der Waals surface area contributed by atoms with E-state index in [4.69, 9.17) is 4.74 Å². The SMILES string of the molecule is Cc1ccc([N+](=O)[O-])cc1NC(=O)CN(c1ccc(OC(C)C)cc1)S(C)(=O)=O. The molecule has 0 aromatic heterocycles. The number of nitrogens with zero attached hydrogens (tertiary/aromatic N) is 2. The van der Waals surface area contributed by atoms with Crippen LogP contribution in [0.15, 0.2) is 42.5 Å². The van der Waals surface area contributed by atoms with Gasteiger partial charge in [-0.3, -0.25) is 19.2 Å². The monoisotopic (exact) mass is 421 g/mol. The van der Waals surface area contributed by atoms with Crippen LogP contribution in [-0.4, -0.2) is 38.2 Å². The lowest BCUT2D eigenvalue weighted by Crippen LogP contribution is -2.37. The van der Waals surface area contributed by atoms with E-state index in [9.17, 15) is 23.3 Å². The molecule has 0 aliphatic heterocycles. The standard InChI is InChI=1S/C19H23N3O6S/c1-13(2)28-17-9-7-15(8-10-17)21(29(4,26)27)12-19(23)20-18-11-16(22(24)25)6-5-14(18)3/h5-11,13H,12H2,1-4H3,(H,20,23). The zero-order valence-corrected chi connectivity index (χ0v) is 17.4. The van der Waals surface area contributed by atoms with E-state index in [2.05, 4.69) is 5.32 Å². The Labute approximate surface area is 169 Å². The van der Waals surface area contributed by atoms with Crippen LogP contribution in [0.5, 0.6) is 5.75 Å². The molecule has 1 N–H and O–H groups in total. The van der Waals surface area contributed by atoms with Crippen LogP contribution < -0.4 is 14.4 Å². The van der Waals surface area contributed by atoms with E-state index < -0.39 is 27.4 Å². The lowest BCUT2D eigenvalue weighted by molar-refractivity contribution is -0.384. The highest BCUT2D eigenvalue weighted by atomic mass is 32.2. The molecule has 1 amide bonds. The van der Waals surface area contributed by atoms with E-state index in [0.29, 0.717) is 17.0 Å². The number of anilines is 2. The number of rotatable bonds is 8. The third-order valence-corrected chi connectivity index (χ3v) is 5.03. The van der Waals surface area contributed by atoms with Crippen LogP contribution in [0.3, 0.4) is 0 Å². The highest BCUT2D eigenvalue weighted by Crippen LogP contribution is 2.24. The van der Waals surface area contributed by atoms with Crippen molar-refractivity contribution in [3.05, 3.63) is 58.1 Å². The van der Waals surface area contributed by atoms with Crippen molar-refractivity contribution < 1.29 is 22.9 Å². The molecule has 9 nitrogen and oxygen atoms in total. The van der Waals surface area contributed by atoms with E-state index in [1.807, 2.05) is 13.8 Å². The largest absolute Gasteiger partial charge is 0.491 e. The molecule has 0 aliphatic carbocycles. The van der Waals surface area contributed by atoms with E-state index >= 15 is 0 Å². The minimum absolute atomic E-state index is 0.0317. The number of ether oxygens (including phenoxy) is 1. The smallest absolute Gasteiger partial charge is 0.271 e. The van der Waals surface area contributed by atoms with Gasteiger partial charge in [0.15, 0.2) is 0 Å². The molecule has 2 aromatic rings. The van der Waals surface area contributed by atoms with Crippen LogP contribution in [0.4, 0.5) is 17.1 Å². The van der Waals surface area contributed by atoms with E-state index in [1.54, 1.807) is 31.2 Å². The first-order valence-corrected chi connectivity index (χ1v) is 10.6. The normalized spacial score (nSPS) is 11.2. The van der Waals surface area contributed by atoms with Gasteiger partial charge in [-0.1, -0.05) is 6.07 Å². The molecule has 0 radical (unpaired) electrons. The topological polar surface area (TPSA) is 119 Å². The fourth-order valence-electron chi connectivity index (χ4n) is 2.54. The number of carbonyl (C=O) groups is 1. The van der Waals surface area contributed by atoms with Crippen molar-refractivity contribution >= 4 is 33.0 Å². The molecule has 0 fully saturated rings. The number of nitro groups is 1. The molecule has 0 bridgehead atoms. The minimum Gasteiger partial charge on any atom is -0.491 e. The van der Waals surface area contributed by atoms with E-state index in [1.165, 1.54) is 18.2 Å². The second-order valence-electron chi connectivity index (χ2n) is 6.73. The first-order chi connectivity index (χ1) is 13.5. The number of benzene rings is 2. The van der Waals surface area contributed by atoms with Gasteiger partial charge in [-0.2, -0.15) is 0 Å². The van der Waals surface area contributed by atoms with Crippen LogP contribution in [0.2, 0.25) is 0 Å². The predicted octanol–water partition coefficient (Wildman–Crippen LogP) is 3.10. The van der Waals surface area contributed by atoms with Crippen molar-refractivity contribution in [3.63, 3.8) is 0 Å². The Kier molecular flexibility index (Phi) is 6.80. The summed E-state index contributed by atoms with van der Waals surface area (Å²) in [5, 5.41) is 13.5. The molecule has 0 spiro atoms. The Hall–Kier alpha value is -3.14. The summed E-state index contributed by atoms with van der Waals surface area (Å²) in [5.74, 6) is -0.0459. The molecule has 2 aromatic carbocycles. The maximum atomic E-state index is 12.5. The average Bonchev–Trinajstić information content (AvgIpc) is 2.61. The van der Waals surface area contributed by atoms with Crippen molar-refractivity contribution in [2.45, 2.75) is 26.9 Å². The molecule has 0 aliphatic rings. The summed E-state index contributed by atoms with van der Waals surface area (Å²) < 4.78 is 30.9. The van der Waals surface area contributed by atoms with Crippen LogP contribution >= 0.6 is 0 Å². The van der Waals surface area contributed by atoms with Crippen molar-refractivity contribution in [1.29, 1.82) is 0 Å². The Morgan fingerprint density at radius 1 is 1.21 bits per heavy atom. The number of nitro benzene ring substituents is 1. The molecule has 156 valence electrons. The molecule has 0 saturated carbocycles. The van der Waals surface area contributed by atoms with Gasteiger partial charge < -0.3 is 10.1 Å². The zero-order valence-electron chi connectivity index (χ0n) is 16.6. The molecule has 0 atom stereocenters. The van der Waals surface area contributed by atoms with Gasteiger partial charge in [0, 0.05) is 12.1 Å². The summed E-state index contributed by atoms with van der Waals surface area (Å²) >= 11 is 0. The molecular weight excluding hydrogens is 398 g/mol. The molecule has 29 heavy (non-hydrogen) atoms. The fourth-order valence-corrected chi connectivity index (χ4v) is 3.40. The van der Waals surface area contributed by atoms with E-state index in [-0.39, 0.29) is 17.5 Å². The van der Waals surface area contributed by atoms with Crippen molar-refractivity contribution in [2.75, 3.05) is 22.4 Å². The summed E-state index contributed by atoms with van der Waals surface area (Å²) in [6.45, 7) is 4.94. The second-order valence-corrected chi connectivity index (χ2v) is 8.64. The maximum Gasteiger partial charge on any atom is 0.271 e. The van der Waals surface area contributed by atoms with Gasteiger partial charge in [-0.25, -0.2) is 8.42 Å². The first kappa shape index (κ1) is 22.2. The molecule has 10 heteroatoms. The Morgan fingerprint density at radius 2 is 1.83 bits per heavy atom. The van der Waals surface area contributed by atoms with Crippen LogP contribution in [0.1, 0.15) is 19.4 Å². The third kappa shape index (κ3) is 6.18. The number of carbonyl (C=O) groups excluding carboxylic acids is 1. The number of hydrogen-bond acceptors (Lipinski definition) is 6. The van der Waals surface area contributed by atoms with Gasteiger partial charge in [-0.15, -0.1) is 0 Å². The average molecular weight is 421 g/mol. The summed E-state index contributed by atoms with van der Waals surface area (Å²) in [6, 6.07) is 10.4. The number of non-ortho nitro benzene ring substituents is 1. The third-order valence-electron chi connectivity index (χ3n) is 3.89. The fraction of sp³-hybridized carbons (Fsp3) is 0.316. The van der Waals surface area contributed by atoms with Gasteiger partial charge >= 0.3 is 0 Å². The molecule has 0 heterocycles. The number of amides is 1. The lowest BCUT2D eigenvalue weighted by Gasteiger charge is -2.22. The summed E-state index contributed by atoms with van der Waals surface area (Å²) in [6.07, 6.45) is 0.966. The van der Waals surface area contributed by atoms with Crippen LogP contribution in [0.25, 0.3) is 0 Å². The van der Waals surface area contributed by atoms with Gasteiger partial charge in [0.1, 0.15) is 12.3 Å². The van der Waals surface area contributed by atoms with Crippen molar-refractivity contribution in [1.82, 2.24) is 0 Å². The Morgan fingerprint density at radius 3 is 2.34 bits per heavy atom. The van der Waals surface area contributed by atoms with Gasteiger partial charge in [0.2, 0.25) is 15.9 Å². The number of nitrogens with one attached hydrogen (secondary N) is 1. The maximum absolute atomic E-state index is 12.5. The van der Waals surface area contributed by atoms with Gasteiger partial charge in [0.05, 0.1) is 28.7 Å². The van der Waals surface area contributed by atoms with Gasteiger partial charge in [0.25, 0.3) is 5.69 Å². The number of aryl methyl sites for hydroxylation is 1. The minimum atomic E-state index is -3.75. The van der Waals surface area contributed by atoms with E-state index in [0.717, 1.165) is 10.6 Å². The van der Waals surface area contributed by atoms with Gasteiger partial charge in [-0.05, 0) is 50.6 Å². The van der Waals surface area contributed by atoms with Crippen molar-refractivity contribution in [3.8, 4) is 5.75 Å². The highest BCUT2D eigenvalue weighted by molar-refractivity contribution is 7.92. The Balaban J connectivity index is 2.22. The highest BCUT2D eigenvalue weighted by Gasteiger charge is 2.22. The predicted molar refractivity (Wildman–Crippen MR) is 111 cm³/mol. The molecule has 0 saturated heterocycles. The number of hydrogen-bond donors (Lipinski definition) is 1. The molecule has 2 rings (SSSR count). The lowest BCUT2D eigenvalue weighted by atomic mass is 10.2. The summed E-state index contributed by atoms with van der Waals surface area (Å²) in [7, 11) is -3.75. The number of sulfonamides is 1. The van der Waals surface area contributed by atoms with Crippen LogP contribution in [0, 0.1) is 17.0 Å². The van der Waals surface area contributed by atoms with Crippen molar-refractivity contribution in [2.24, 2.45) is 0 Å². The summed E-state index contributed by atoms with van der Waals surface area (Å²) in [4.78, 5) is 22.8.